The molecule has 0 spiro atoms. The third-order valence-corrected chi connectivity index (χ3v) is 6.10. The number of carbonyl (C=O) groups is 2. The fraction of sp³-hybridized carbons (Fsp3) is 0.667. The second kappa shape index (κ2) is 26.2. The predicted molar refractivity (Wildman–Crippen MR) is 156 cm³/mol. The molecule has 0 amide bonds. The Morgan fingerprint density at radius 3 is 1.82 bits per heavy atom. The summed E-state index contributed by atoms with van der Waals surface area (Å²) in [7, 11) is -4.73. The van der Waals surface area contributed by atoms with Crippen LogP contribution in [0.2, 0.25) is 0 Å². The molecule has 0 rings (SSSR count). The third-order valence-electron chi connectivity index (χ3n) is 5.61. The Labute approximate surface area is 235 Å². The van der Waals surface area contributed by atoms with E-state index in [-0.39, 0.29) is 19.4 Å². The molecule has 39 heavy (non-hydrogen) atoms. The van der Waals surface area contributed by atoms with Crippen LogP contribution in [0.5, 0.6) is 0 Å². The molecule has 0 heterocycles. The predicted octanol–water partition coefficient (Wildman–Crippen LogP) is 7.67. The topological polar surface area (TPSA) is 119 Å². The van der Waals surface area contributed by atoms with Gasteiger partial charge in [0.1, 0.15) is 6.61 Å². The van der Waals surface area contributed by atoms with Crippen LogP contribution in [0.4, 0.5) is 0 Å². The highest BCUT2D eigenvalue weighted by atomic mass is 31.2. The lowest BCUT2D eigenvalue weighted by atomic mass is 10.1. The number of rotatable bonds is 25. The van der Waals surface area contributed by atoms with E-state index in [1.807, 2.05) is 6.92 Å². The molecule has 0 aromatic heterocycles. The SMILES string of the molecule is CC/C=C\C/C=C\C/C=C\C/C=C\CCCCCCCCC(=O)OC(COC(=O)CCCC)COP(=O)(O)O. The van der Waals surface area contributed by atoms with Crippen LogP contribution in [0, 0.1) is 0 Å². The van der Waals surface area contributed by atoms with Crippen LogP contribution in [0.25, 0.3) is 0 Å². The first kappa shape index (κ1) is 37.0. The quantitative estimate of drug-likeness (QED) is 0.0497. The van der Waals surface area contributed by atoms with E-state index in [2.05, 4.69) is 60.1 Å². The third kappa shape index (κ3) is 28.8. The minimum absolute atomic E-state index is 0.193. The molecular weight excluding hydrogens is 519 g/mol. The first-order chi connectivity index (χ1) is 18.8. The summed E-state index contributed by atoms with van der Waals surface area (Å²) in [6.45, 7) is 3.24. The van der Waals surface area contributed by atoms with Crippen molar-refractivity contribution in [2.45, 2.75) is 116 Å². The van der Waals surface area contributed by atoms with Crippen molar-refractivity contribution in [2.75, 3.05) is 13.2 Å². The summed E-state index contributed by atoms with van der Waals surface area (Å²) in [5.41, 5.74) is 0. The van der Waals surface area contributed by atoms with Crippen LogP contribution < -0.4 is 0 Å². The minimum Gasteiger partial charge on any atom is -0.462 e. The van der Waals surface area contributed by atoms with Crippen LogP contribution in [0.1, 0.15) is 110 Å². The summed E-state index contributed by atoms with van der Waals surface area (Å²) in [6.07, 6.45) is 29.6. The van der Waals surface area contributed by atoms with Crippen LogP contribution in [-0.4, -0.2) is 41.0 Å². The average molecular weight is 571 g/mol. The van der Waals surface area contributed by atoms with Gasteiger partial charge in [-0.05, 0) is 51.4 Å². The number of phosphoric ester groups is 1. The first-order valence-corrected chi connectivity index (χ1v) is 16.0. The zero-order valence-corrected chi connectivity index (χ0v) is 24.9. The van der Waals surface area contributed by atoms with Crippen molar-refractivity contribution in [3.05, 3.63) is 48.6 Å². The van der Waals surface area contributed by atoms with Gasteiger partial charge in [0.05, 0.1) is 6.61 Å². The van der Waals surface area contributed by atoms with Crippen LogP contribution in [0.3, 0.4) is 0 Å². The van der Waals surface area contributed by atoms with E-state index in [4.69, 9.17) is 19.3 Å². The first-order valence-electron chi connectivity index (χ1n) is 14.4. The molecule has 0 fully saturated rings. The van der Waals surface area contributed by atoms with Crippen molar-refractivity contribution in [2.24, 2.45) is 0 Å². The van der Waals surface area contributed by atoms with Crippen molar-refractivity contribution in [1.82, 2.24) is 0 Å². The standard InChI is InChI=1S/C30H51O8P/c1-3-5-7-8-9-10-11-12-13-14-15-16-17-18-19-20-21-22-23-25-30(32)38-28(27-37-39(33,34)35)26-36-29(31)24-6-4-2/h5,7,9-10,12-13,15-16,28H,3-4,6,8,11,14,17-27H2,1-2H3,(H2,33,34,35)/b7-5-,10-9-,13-12-,16-15-. The molecule has 0 aromatic rings. The molecule has 2 N–H and O–H groups in total. The summed E-state index contributed by atoms with van der Waals surface area (Å²) in [5, 5.41) is 0. The van der Waals surface area contributed by atoms with Gasteiger partial charge < -0.3 is 19.3 Å². The van der Waals surface area contributed by atoms with Gasteiger partial charge in [-0.15, -0.1) is 0 Å². The van der Waals surface area contributed by atoms with Crippen molar-refractivity contribution >= 4 is 19.8 Å². The second-order valence-corrected chi connectivity index (χ2v) is 10.6. The number of ether oxygens (including phenoxy) is 2. The summed E-state index contributed by atoms with van der Waals surface area (Å²) >= 11 is 0. The molecular formula is C30H51O8P. The number of phosphoric acid groups is 1. The Balaban J connectivity index is 3.90. The Morgan fingerprint density at radius 2 is 1.23 bits per heavy atom. The van der Waals surface area contributed by atoms with E-state index in [1.165, 1.54) is 0 Å². The fourth-order valence-corrected chi connectivity index (χ4v) is 3.82. The smallest absolute Gasteiger partial charge is 0.462 e. The lowest BCUT2D eigenvalue weighted by Gasteiger charge is -2.18. The van der Waals surface area contributed by atoms with Crippen molar-refractivity contribution in [3.63, 3.8) is 0 Å². The molecule has 224 valence electrons. The Bertz CT molecular complexity index is 782. The maximum Gasteiger partial charge on any atom is 0.469 e. The van der Waals surface area contributed by atoms with Gasteiger partial charge in [0.2, 0.25) is 0 Å². The minimum atomic E-state index is -4.73. The van der Waals surface area contributed by atoms with Crippen molar-refractivity contribution < 1.29 is 37.9 Å². The Morgan fingerprint density at radius 1 is 0.692 bits per heavy atom. The molecule has 8 nitrogen and oxygen atoms in total. The lowest BCUT2D eigenvalue weighted by Crippen LogP contribution is -2.29. The second-order valence-electron chi connectivity index (χ2n) is 9.35. The summed E-state index contributed by atoms with van der Waals surface area (Å²) in [6, 6.07) is 0. The van der Waals surface area contributed by atoms with Gasteiger partial charge in [-0.3, -0.25) is 14.1 Å². The maximum absolute atomic E-state index is 12.1. The van der Waals surface area contributed by atoms with Crippen molar-refractivity contribution in [3.8, 4) is 0 Å². The number of esters is 2. The van der Waals surface area contributed by atoms with E-state index < -0.39 is 32.5 Å². The number of unbranched alkanes of at least 4 members (excludes halogenated alkanes) is 7. The number of carbonyl (C=O) groups excluding carboxylic acids is 2. The maximum atomic E-state index is 12.1. The molecule has 0 saturated heterocycles. The summed E-state index contributed by atoms with van der Waals surface area (Å²) < 4.78 is 25.7. The largest absolute Gasteiger partial charge is 0.469 e. The molecule has 9 heteroatoms. The molecule has 0 aliphatic carbocycles. The number of allylic oxidation sites excluding steroid dienone is 8. The van der Waals surface area contributed by atoms with Gasteiger partial charge in [-0.25, -0.2) is 4.57 Å². The van der Waals surface area contributed by atoms with Gasteiger partial charge in [0.25, 0.3) is 0 Å². The van der Waals surface area contributed by atoms with Gasteiger partial charge in [0.15, 0.2) is 6.10 Å². The zero-order chi connectivity index (χ0) is 29.0. The zero-order valence-electron chi connectivity index (χ0n) is 24.0. The van der Waals surface area contributed by atoms with Gasteiger partial charge in [0, 0.05) is 12.8 Å². The van der Waals surface area contributed by atoms with Crippen LogP contribution >= 0.6 is 7.82 Å². The van der Waals surface area contributed by atoms with E-state index in [0.717, 1.165) is 70.6 Å². The van der Waals surface area contributed by atoms with E-state index in [9.17, 15) is 14.2 Å². The molecule has 1 unspecified atom stereocenters. The molecule has 0 radical (unpaired) electrons. The highest BCUT2D eigenvalue weighted by molar-refractivity contribution is 7.46. The van der Waals surface area contributed by atoms with E-state index in [1.54, 1.807) is 0 Å². The molecule has 1 atom stereocenters. The summed E-state index contributed by atoms with van der Waals surface area (Å²) in [5.74, 6) is -0.950. The summed E-state index contributed by atoms with van der Waals surface area (Å²) in [4.78, 5) is 41.6. The van der Waals surface area contributed by atoms with E-state index >= 15 is 0 Å². The molecule has 0 aliphatic heterocycles. The van der Waals surface area contributed by atoms with Gasteiger partial charge in [-0.1, -0.05) is 94.6 Å². The highest BCUT2D eigenvalue weighted by Gasteiger charge is 2.22. The lowest BCUT2D eigenvalue weighted by molar-refractivity contribution is -0.161. The van der Waals surface area contributed by atoms with Crippen molar-refractivity contribution in [1.29, 1.82) is 0 Å². The van der Waals surface area contributed by atoms with E-state index in [0.29, 0.717) is 12.8 Å². The van der Waals surface area contributed by atoms with Crippen LogP contribution in [0.15, 0.2) is 48.6 Å². The van der Waals surface area contributed by atoms with Gasteiger partial charge >= 0.3 is 19.8 Å². The molecule has 0 aromatic carbocycles. The number of hydrogen-bond acceptors (Lipinski definition) is 6. The fourth-order valence-electron chi connectivity index (χ4n) is 3.46. The molecule has 0 aliphatic rings. The Hall–Kier alpha value is -1.99. The number of hydrogen-bond donors (Lipinski definition) is 2. The monoisotopic (exact) mass is 570 g/mol. The molecule has 0 saturated carbocycles. The Kier molecular flexibility index (Phi) is 24.9. The highest BCUT2D eigenvalue weighted by Crippen LogP contribution is 2.35. The van der Waals surface area contributed by atoms with Gasteiger partial charge in [-0.2, -0.15) is 0 Å². The van der Waals surface area contributed by atoms with Crippen LogP contribution in [-0.2, 0) is 28.2 Å². The molecule has 0 bridgehead atoms. The average Bonchev–Trinajstić information content (AvgIpc) is 2.89. The normalized spacial score (nSPS) is 13.2.